The van der Waals surface area contributed by atoms with E-state index in [-0.39, 0.29) is 10.9 Å². The second kappa shape index (κ2) is 5.79. The molecule has 3 aromatic rings. The minimum atomic E-state index is -4.20. The second-order valence-corrected chi connectivity index (χ2v) is 6.41. The minimum absolute atomic E-state index is 0.107. The van der Waals surface area contributed by atoms with E-state index in [0.717, 1.165) is 11.1 Å². The standard InChI is InChI=1S/C17H15NO3S/c19-22(20,21)16-11-12-18(13-16)17(14-7-3-1-4-8-14)15-9-5-2-6-10-15/h1-13,17H,(H,19,20,21). The number of aromatic nitrogens is 1. The molecule has 1 N–H and O–H groups in total. The average Bonchev–Trinajstić information content (AvgIpc) is 2.99. The molecule has 2 aromatic carbocycles. The van der Waals surface area contributed by atoms with Gasteiger partial charge in [0, 0.05) is 12.4 Å². The maximum absolute atomic E-state index is 11.3. The van der Waals surface area contributed by atoms with Gasteiger partial charge in [-0.3, -0.25) is 4.55 Å². The fourth-order valence-electron chi connectivity index (χ4n) is 2.51. The molecule has 0 aliphatic rings. The Labute approximate surface area is 129 Å². The van der Waals surface area contributed by atoms with Gasteiger partial charge in [0.05, 0.1) is 6.04 Å². The van der Waals surface area contributed by atoms with Crippen LogP contribution in [0.2, 0.25) is 0 Å². The third-order valence-electron chi connectivity index (χ3n) is 3.51. The van der Waals surface area contributed by atoms with Crippen molar-refractivity contribution in [2.75, 3.05) is 0 Å². The predicted octanol–water partition coefficient (Wildman–Crippen LogP) is 3.37. The smallest absolute Gasteiger partial charge is 0.296 e. The SMILES string of the molecule is O=S(=O)(O)c1ccn(C(c2ccccc2)c2ccccc2)c1. The van der Waals surface area contributed by atoms with Crippen LogP contribution in [0, 0.1) is 0 Å². The van der Waals surface area contributed by atoms with E-state index >= 15 is 0 Å². The van der Waals surface area contributed by atoms with Gasteiger partial charge in [0.1, 0.15) is 4.90 Å². The Kier molecular flexibility index (Phi) is 3.83. The Morgan fingerprint density at radius 3 is 1.73 bits per heavy atom. The van der Waals surface area contributed by atoms with Crippen LogP contribution in [0.5, 0.6) is 0 Å². The molecular weight excluding hydrogens is 298 g/mol. The first-order valence-electron chi connectivity index (χ1n) is 6.80. The lowest BCUT2D eigenvalue weighted by Crippen LogP contribution is -2.10. The molecule has 0 fully saturated rings. The molecule has 0 radical (unpaired) electrons. The highest BCUT2D eigenvalue weighted by Crippen LogP contribution is 2.27. The first-order chi connectivity index (χ1) is 10.6. The number of hydrogen-bond donors (Lipinski definition) is 1. The molecular formula is C17H15NO3S. The molecule has 0 saturated carbocycles. The van der Waals surface area contributed by atoms with Crippen molar-refractivity contribution in [3.63, 3.8) is 0 Å². The molecule has 0 atom stereocenters. The molecule has 22 heavy (non-hydrogen) atoms. The molecule has 5 heteroatoms. The summed E-state index contributed by atoms with van der Waals surface area (Å²) in [6.07, 6.45) is 3.10. The third-order valence-corrected chi connectivity index (χ3v) is 4.35. The van der Waals surface area contributed by atoms with Gasteiger partial charge in [-0.15, -0.1) is 0 Å². The molecule has 0 bridgehead atoms. The van der Waals surface area contributed by atoms with Gasteiger partial charge in [-0.05, 0) is 17.2 Å². The number of nitrogens with zero attached hydrogens (tertiary/aromatic N) is 1. The van der Waals surface area contributed by atoms with Gasteiger partial charge in [-0.2, -0.15) is 8.42 Å². The van der Waals surface area contributed by atoms with Gasteiger partial charge in [-0.1, -0.05) is 60.7 Å². The molecule has 0 aliphatic carbocycles. The van der Waals surface area contributed by atoms with Crippen molar-refractivity contribution >= 4 is 10.1 Å². The van der Waals surface area contributed by atoms with Crippen molar-refractivity contribution < 1.29 is 13.0 Å². The fraction of sp³-hybridized carbons (Fsp3) is 0.0588. The van der Waals surface area contributed by atoms with Gasteiger partial charge < -0.3 is 4.57 Å². The molecule has 0 aliphatic heterocycles. The van der Waals surface area contributed by atoms with Crippen molar-refractivity contribution in [3.8, 4) is 0 Å². The van der Waals surface area contributed by atoms with Gasteiger partial charge in [0.15, 0.2) is 0 Å². The van der Waals surface area contributed by atoms with E-state index in [1.54, 1.807) is 10.8 Å². The maximum Gasteiger partial charge on any atom is 0.296 e. The normalized spacial score (nSPS) is 11.7. The van der Waals surface area contributed by atoms with Crippen LogP contribution in [-0.4, -0.2) is 17.5 Å². The Balaban J connectivity index is 2.13. The van der Waals surface area contributed by atoms with Crippen LogP contribution in [0.1, 0.15) is 17.2 Å². The van der Waals surface area contributed by atoms with Gasteiger partial charge >= 0.3 is 0 Å². The fourth-order valence-corrected chi connectivity index (χ4v) is 3.00. The zero-order chi connectivity index (χ0) is 15.6. The van der Waals surface area contributed by atoms with E-state index in [9.17, 15) is 13.0 Å². The highest BCUT2D eigenvalue weighted by Gasteiger charge is 2.18. The Hall–Kier alpha value is -2.37. The van der Waals surface area contributed by atoms with Crippen molar-refractivity contribution in [2.24, 2.45) is 0 Å². The molecule has 1 heterocycles. The van der Waals surface area contributed by atoms with Crippen molar-refractivity contribution in [1.29, 1.82) is 0 Å². The number of benzene rings is 2. The Morgan fingerprint density at radius 1 is 0.818 bits per heavy atom. The van der Waals surface area contributed by atoms with Crippen molar-refractivity contribution in [2.45, 2.75) is 10.9 Å². The highest BCUT2D eigenvalue weighted by molar-refractivity contribution is 7.85. The lowest BCUT2D eigenvalue weighted by molar-refractivity contribution is 0.483. The first-order valence-corrected chi connectivity index (χ1v) is 8.24. The third kappa shape index (κ3) is 2.95. The predicted molar refractivity (Wildman–Crippen MR) is 84.4 cm³/mol. The molecule has 3 rings (SSSR count). The summed E-state index contributed by atoms with van der Waals surface area (Å²) in [5, 5.41) is 0. The van der Waals surface area contributed by atoms with Crippen LogP contribution in [0.25, 0.3) is 0 Å². The summed E-state index contributed by atoms with van der Waals surface area (Å²) in [5.74, 6) is 0. The van der Waals surface area contributed by atoms with E-state index < -0.39 is 10.1 Å². The number of hydrogen-bond acceptors (Lipinski definition) is 2. The zero-order valence-electron chi connectivity index (χ0n) is 11.7. The molecule has 0 unspecified atom stereocenters. The van der Waals surface area contributed by atoms with E-state index in [1.165, 1.54) is 12.3 Å². The molecule has 112 valence electrons. The minimum Gasteiger partial charge on any atom is -0.341 e. The lowest BCUT2D eigenvalue weighted by Gasteiger charge is -2.20. The molecule has 0 amide bonds. The van der Waals surface area contributed by atoms with Gasteiger partial charge in [0.25, 0.3) is 10.1 Å². The Bertz CT molecular complexity index is 816. The molecule has 4 nitrogen and oxygen atoms in total. The second-order valence-electron chi connectivity index (χ2n) is 4.99. The summed E-state index contributed by atoms with van der Waals surface area (Å²) in [6.45, 7) is 0. The summed E-state index contributed by atoms with van der Waals surface area (Å²) >= 11 is 0. The number of rotatable bonds is 4. The van der Waals surface area contributed by atoms with Crippen LogP contribution in [-0.2, 0) is 10.1 Å². The zero-order valence-corrected chi connectivity index (χ0v) is 12.5. The maximum atomic E-state index is 11.3. The average molecular weight is 313 g/mol. The summed E-state index contributed by atoms with van der Waals surface area (Å²) in [5.41, 5.74) is 2.07. The van der Waals surface area contributed by atoms with E-state index in [4.69, 9.17) is 0 Å². The van der Waals surface area contributed by atoms with Crippen LogP contribution >= 0.6 is 0 Å². The van der Waals surface area contributed by atoms with Gasteiger partial charge in [-0.25, -0.2) is 0 Å². The first kappa shape index (κ1) is 14.6. The quantitative estimate of drug-likeness (QED) is 0.751. The van der Waals surface area contributed by atoms with E-state index in [0.29, 0.717) is 0 Å². The van der Waals surface area contributed by atoms with Crippen molar-refractivity contribution in [1.82, 2.24) is 4.57 Å². The van der Waals surface area contributed by atoms with Gasteiger partial charge in [0.2, 0.25) is 0 Å². The van der Waals surface area contributed by atoms with Crippen LogP contribution in [0.4, 0.5) is 0 Å². The Morgan fingerprint density at radius 2 is 1.32 bits per heavy atom. The van der Waals surface area contributed by atoms with Crippen molar-refractivity contribution in [3.05, 3.63) is 90.3 Å². The summed E-state index contributed by atoms with van der Waals surface area (Å²) < 4.78 is 33.5. The van der Waals surface area contributed by atoms with E-state index in [1.807, 2.05) is 60.7 Å². The topological polar surface area (TPSA) is 59.3 Å². The highest BCUT2D eigenvalue weighted by atomic mass is 32.2. The van der Waals surface area contributed by atoms with Crippen LogP contribution in [0.3, 0.4) is 0 Å². The monoisotopic (exact) mass is 313 g/mol. The van der Waals surface area contributed by atoms with E-state index in [2.05, 4.69) is 0 Å². The lowest BCUT2D eigenvalue weighted by atomic mass is 9.99. The largest absolute Gasteiger partial charge is 0.341 e. The van der Waals surface area contributed by atoms with Crippen LogP contribution < -0.4 is 0 Å². The van der Waals surface area contributed by atoms with Crippen LogP contribution in [0.15, 0.2) is 84.0 Å². The summed E-state index contributed by atoms with van der Waals surface area (Å²) in [7, 11) is -4.20. The molecule has 0 saturated heterocycles. The summed E-state index contributed by atoms with van der Waals surface area (Å²) in [6, 6.07) is 20.8. The summed E-state index contributed by atoms with van der Waals surface area (Å²) in [4.78, 5) is -0.107. The molecule has 1 aromatic heterocycles. The molecule has 0 spiro atoms.